The van der Waals surface area contributed by atoms with Gasteiger partial charge in [-0.2, -0.15) is 0 Å². The van der Waals surface area contributed by atoms with E-state index in [-0.39, 0.29) is 47.0 Å². The van der Waals surface area contributed by atoms with Crippen LogP contribution >= 0.6 is 11.6 Å². The molecule has 0 aromatic heterocycles. The van der Waals surface area contributed by atoms with Gasteiger partial charge in [-0.1, -0.05) is 23.7 Å². The van der Waals surface area contributed by atoms with Crippen LogP contribution in [0.2, 0.25) is 5.02 Å². The summed E-state index contributed by atoms with van der Waals surface area (Å²) in [7, 11) is 0. The Morgan fingerprint density at radius 2 is 1.79 bits per heavy atom. The molecule has 1 aliphatic carbocycles. The summed E-state index contributed by atoms with van der Waals surface area (Å²) in [5.41, 5.74) is 2.03. The van der Waals surface area contributed by atoms with E-state index in [0.29, 0.717) is 23.3 Å². The van der Waals surface area contributed by atoms with Crippen LogP contribution < -0.4 is 5.32 Å². The Morgan fingerprint density at radius 3 is 2.48 bits per heavy atom. The number of carbonyl (C=O) groups is 2. The molecule has 1 aliphatic heterocycles. The van der Waals surface area contributed by atoms with Gasteiger partial charge in [0.25, 0.3) is 5.69 Å². The molecule has 29 heavy (non-hydrogen) atoms. The normalized spacial score (nSPS) is 21.6. The SMILES string of the molecule is O=C1C[C@@H](c2cc([N+](=O)[O-])ccc2Cl)C2=C(C[C@@H](c3ccc(F)cc3)CC2=O)N1. The number of hydrogen-bond donors (Lipinski definition) is 1. The second-order valence-electron chi connectivity index (χ2n) is 7.24. The summed E-state index contributed by atoms with van der Waals surface area (Å²) in [6, 6.07) is 9.99. The van der Waals surface area contributed by atoms with Crippen LogP contribution in [0.5, 0.6) is 0 Å². The summed E-state index contributed by atoms with van der Waals surface area (Å²) in [5, 5.41) is 14.2. The number of amides is 1. The number of nitrogens with one attached hydrogen (secondary N) is 1. The molecule has 0 saturated heterocycles. The number of halogens is 2. The van der Waals surface area contributed by atoms with Crippen molar-refractivity contribution in [1.82, 2.24) is 5.32 Å². The quantitative estimate of drug-likeness (QED) is 0.595. The van der Waals surface area contributed by atoms with Gasteiger partial charge in [-0.25, -0.2) is 4.39 Å². The maximum Gasteiger partial charge on any atom is 0.269 e. The molecule has 1 heterocycles. The predicted molar refractivity (Wildman–Crippen MR) is 104 cm³/mol. The standard InChI is InChI=1S/C21H16ClFN2O4/c22-17-6-5-14(25(28)29)9-15(17)16-10-20(27)24-18-7-12(8-19(26)21(16)18)11-1-3-13(23)4-2-11/h1-6,9,12,16H,7-8,10H2,(H,24,27)/t12-,16+/m1/s1. The van der Waals surface area contributed by atoms with Crippen molar-refractivity contribution in [2.45, 2.75) is 31.1 Å². The van der Waals surface area contributed by atoms with Crippen LogP contribution in [0, 0.1) is 15.9 Å². The van der Waals surface area contributed by atoms with Crippen molar-refractivity contribution >= 4 is 29.0 Å². The highest BCUT2D eigenvalue weighted by molar-refractivity contribution is 6.31. The lowest BCUT2D eigenvalue weighted by Crippen LogP contribution is -2.38. The number of allylic oxidation sites excluding steroid dienone is 2. The van der Waals surface area contributed by atoms with Crippen LogP contribution in [0.4, 0.5) is 10.1 Å². The number of non-ortho nitro benzene ring substituents is 1. The van der Waals surface area contributed by atoms with Gasteiger partial charge in [0.15, 0.2) is 5.78 Å². The van der Waals surface area contributed by atoms with Crippen molar-refractivity contribution in [2.24, 2.45) is 0 Å². The van der Waals surface area contributed by atoms with Crippen molar-refractivity contribution in [2.75, 3.05) is 0 Å². The molecule has 2 aliphatic rings. The number of hydrogen-bond acceptors (Lipinski definition) is 4. The molecule has 148 valence electrons. The first-order valence-electron chi connectivity index (χ1n) is 9.09. The van der Waals surface area contributed by atoms with E-state index in [1.54, 1.807) is 12.1 Å². The molecule has 1 N–H and O–H groups in total. The summed E-state index contributed by atoms with van der Waals surface area (Å²) >= 11 is 6.28. The average Bonchev–Trinajstić information content (AvgIpc) is 2.67. The second-order valence-corrected chi connectivity index (χ2v) is 7.65. The molecule has 0 fully saturated rings. The monoisotopic (exact) mass is 414 g/mol. The van der Waals surface area contributed by atoms with Gasteiger partial charge >= 0.3 is 0 Å². The van der Waals surface area contributed by atoms with Gasteiger partial charge in [0, 0.05) is 47.2 Å². The fraction of sp³-hybridized carbons (Fsp3) is 0.238. The predicted octanol–water partition coefficient (Wildman–Crippen LogP) is 4.39. The van der Waals surface area contributed by atoms with E-state index in [0.717, 1.165) is 5.56 Å². The third kappa shape index (κ3) is 3.65. The zero-order valence-corrected chi connectivity index (χ0v) is 15.9. The highest BCUT2D eigenvalue weighted by Gasteiger charge is 2.39. The smallest absolute Gasteiger partial charge is 0.269 e. The zero-order chi connectivity index (χ0) is 20.7. The molecule has 0 bridgehead atoms. The van der Waals surface area contributed by atoms with E-state index in [4.69, 9.17) is 11.6 Å². The maximum atomic E-state index is 13.2. The molecule has 0 unspecified atom stereocenters. The van der Waals surface area contributed by atoms with Gasteiger partial charge in [-0.15, -0.1) is 0 Å². The van der Waals surface area contributed by atoms with Gasteiger partial charge in [0.2, 0.25) is 5.91 Å². The molecule has 2 aromatic rings. The Bertz CT molecular complexity index is 1060. The van der Waals surface area contributed by atoms with Gasteiger partial charge in [-0.3, -0.25) is 19.7 Å². The van der Waals surface area contributed by atoms with Crippen LogP contribution in [0.3, 0.4) is 0 Å². The van der Waals surface area contributed by atoms with Crippen molar-refractivity contribution in [3.05, 3.63) is 85.8 Å². The number of rotatable bonds is 3. The molecule has 2 atom stereocenters. The van der Waals surface area contributed by atoms with Gasteiger partial charge in [0.1, 0.15) is 5.82 Å². The molecule has 4 rings (SSSR count). The molecule has 2 aromatic carbocycles. The molecular formula is C21H16ClFN2O4. The molecule has 0 spiro atoms. The number of benzene rings is 2. The minimum absolute atomic E-state index is 0.00727. The maximum absolute atomic E-state index is 13.2. The van der Waals surface area contributed by atoms with Crippen LogP contribution in [0.25, 0.3) is 0 Å². The average molecular weight is 415 g/mol. The molecule has 1 amide bonds. The van der Waals surface area contributed by atoms with E-state index in [1.807, 2.05) is 0 Å². The van der Waals surface area contributed by atoms with Crippen LogP contribution in [0.15, 0.2) is 53.7 Å². The van der Waals surface area contributed by atoms with Crippen molar-refractivity contribution < 1.29 is 18.9 Å². The number of nitro groups is 1. The fourth-order valence-corrected chi connectivity index (χ4v) is 4.36. The van der Waals surface area contributed by atoms with Gasteiger partial charge in [0.05, 0.1) is 4.92 Å². The van der Waals surface area contributed by atoms with Crippen molar-refractivity contribution in [3.63, 3.8) is 0 Å². The van der Waals surface area contributed by atoms with E-state index >= 15 is 0 Å². The highest BCUT2D eigenvalue weighted by Crippen LogP contribution is 2.44. The highest BCUT2D eigenvalue weighted by atomic mass is 35.5. The fourth-order valence-electron chi connectivity index (χ4n) is 4.11. The Hall–Kier alpha value is -3.06. The van der Waals surface area contributed by atoms with Crippen LogP contribution in [-0.2, 0) is 9.59 Å². The molecule has 6 nitrogen and oxygen atoms in total. The minimum Gasteiger partial charge on any atom is -0.329 e. The summed E-state index contributed by atoms with van der Waals surface area (Å²) in [4.78, 5) is 36.0. The van der Waals surface area contributed by atoms with Gasteiger partial charge in [-0.05, 0) is 41.7 Å². The second kappa shape index (κ2) is 7.40. The number of nitrogens with zero attached hydrogens (tertiary/aromatic N) is 1. The van der Waals surface area contributed by atoms with Crippen LogP contribution in [0.1, 0.15) is 42.2 Å². The Kier molecular flexibility index (Phi) is 4.92. The first-order valence-corrected chi connectivity index (χ1v) is 9.46. The molecule has 0 saturated carbocycles. The number of nitro benzene ring substituents is 1. The Labute approximate surface area is 170 Å². The molecule has 0 radical (unpaired) electrons. The third-order valence-corrected chi connectivity index (χ3v) is 5.79. The van der Waals surface area contributed by atoms with Crippen LogP contribution in [-0.4, -0.2) is 16.6 Å². The third-order valence-electron chi connectivity index (χ3n) is 5.44. The topological polar surface area (TPSA) is 89.3 Å². The number of ketones is 1. The van der Waals surface area contributed by atoms with E-state index in [2.05, 4.69) is 5.32 Å². The Morgan fingerprint density at radius 1 is 1.07 bits per heavy atom. The molecular weight excluding hydrogens is 399 g/mol. The first-order chi connectivity index (χ1) is 13.8. The lowest BCUT2D eigenvalue weighted by atomic mass is 9.73. The van der Waals surface area contributed by atoms with Crippen molar-refractivity contribution in [1.29, 1.82) is 0 Å². The lowest BCUT2D eigenvalue weighted by molar-refractivity contribution is -0.384. The zero-order valence-electron chi connectivity index (χ0n) is 15.2. The van der Waals surface area contributed by atoms with E-state index < -0.39 is 10.8 Å². The lowest BCUT2D eigenvalue weighted by Gasteiger charge is -2.34. The summed E-state index contributed by atoms with van der Waals surface area (Å²) < 4.78 is 13.2. The Balaban J connectivity index is 1.75. The minimum atomic E-state index is -0.632. The van der Waals surface area contributed by atoms with Gasteiger partial charge < -0.3 is 5.32 Å². The summed E-state index contributed by atoms with van der Waals surface area (Å²) in [6.45, 7) is 0. The first kappa shape index (κ1) is 19.3. The van der Waals surface area contributed by atoms with E-state index in [1.165, 1.54) is 30.3 Å². The largest absolute Gasteiger partial charge is 0.329 e. The molecule has 8 heteroatoms. The van der Waals surface area contributed by atoms with E-state index in [9.17, 15) is 24.1 Å². The van der Waals surface area contributed by atoms with Crippen molar-refractivity contribution in [3.8, 4) is 0 Å². The summed E-state index contributed by atoms with van der Waals surface area (Å²) in [5.74, 6) is -1.59. The number of Topliss-reactive ketones (excluding diaryl/α,β-unsaturated/α-hetero) is 1. The number of carbonyl (C=O) groups excluding carboxylic acids is 2. The summed E-state index contributed by atoms with van der Waals surface area (Å²) in [6.07, 6.45) is 0.623.